The number of amides is 1. The van der Waals surface area contributed by atoms with E-state index in [0.29, 0.717) is 23.4 Å². The normalized spacial score (nSPS) is 14.6. The van der Waals surface area contributed by atoms with Crippen molar-refractivity contribution in [2.24, 2.45) is 0 Å². The number of carbonyl (C=O) groups is 1. The number of hydrogen-bond donors (Lipinski definition) is 1. The minimum absolute atomic E-state index is 0.149. The number of carbonyl (C=O) groups excluding carboxylic acids is 1. The maximum absolute atomic E-state index is 12.9. The second kappa shape index (κ2) is 8.67. The lowest BCUT2D eigenvalue weighted by Gasteiger charge is -2.24. The molecule has 2 aromatic rings. The van der Waals surface area contributed by atoms with Crippen LogP contribution in [0.3, 0.4) is 0 Å². The Hall–Kier alpha value is -1.84. The molecule has 1 saturated heterocycles. The van der Waals surface area contributed by atoms with Gasteiger partial charge in [-0.1, -0.05) is 13.8 Å². The number of anilines is 2. The van der Waals surface area contributed by atoms with Crippen molar-refractivity contribution in [3.63, 3.8) is 0 Å². The van der Waals surface area contributed by atoms with E-state index in [4.69, 9.17) is 4.42 Å². The highest BCUT2D eigenvalue weighted by Gasteiger charge is 2.25. The zero-order valence-corrected chi connectivity index (χ0v) is 18.3. The van der Waals surface area contributed by atoms with E-state index in [1.807, 2.05) is 0 Å². The van der Waals surface area contributed by atoms with Gasteiger partial charge in [-0.25, -0.2) is 8.42 Å². The third-order valence-electron chi connectivity index (χ3n) is 4.80. The average molecular weight is 470 g/mol. The first-order valence-electron chi connectivity index (χ1n) is 9.32. The fourth-order valence-electron chi connectivity index (χ4n) is 3.34. The lowest BCUT2D eigenvalue weighted by Crippen LogP contribution is -2.31. The second-order valence-electron chi connectivity index (χ2n) is 6.52. The maximum Gasteiger partial charge on any atom is 0.291 e. The topological polar surface area (TPSA) is 82.9 Å². The predicted octanol–water partition coefficient (Wildman–Crippen LogP) is 3.93. The molecule has 0 aliphatic carbocycles. The molecule has 1 aromatic carbocycles. The number of furan rings is 1. The summed E-state index contributed by atoms with van der Waals surface area (Å²) >= 11 is 3.18. The van der Waals surface area contributed by atoms with Crippen LogP contribution in [-0.2, 0) is 10.0 Å². The van der Waals surface area contributed by atoms with E-state index in [1.165, 1.54) is 10.4 Å². The Morgan fingerprint density at radius 1 is 1.18 bits per heavy atom. The van der Waals surface area contributed by atoms with Gasteiger partial charge in [0, 0.05) is 26.2 Å². The van der Waals surface area contributed by atoms with Crippen LogP contribution in [0.25, 0.3) is 0 Å². The molecule has 152 valence electrons. The number of benzene rings is 1. The summed E-state index contributed by atoms with van der Waals surface area (Å²) in [5.41, 5.74) is 1.28. The third kappa shape index (κ3) is 4.26. The summed E-state index contributed by atoms with van der Waals surface area (Å²) in [7, 11) is -3.63. The molecule has 0 unspecified atom stereocenters. The van der Waals surface area contributed by atoms with Gasteiger partial charge in [0.1, 0.15) is 0 Å². The van der Waals surface area contributed by atoms with Crippen molar-refractivity contribution >= 4 is 43.2 Å². The van der Waals surface area contributed by atoms with Gasteiger partial charge in [-0.05, 0) is 59.1 Å². The van der Waals surface area contributed by atoms with Crippen LogP contribution < -0.4 is 10.2 Å². The smallest absolute Gasteiger partial charge is 0.291 e. The van der Waals surface area contributed by atoms with E-state index >= 15 is 0 Å². The van der Waals surface area contributed by atoms with E-state index in [-0.39, 0.29) is 10.7 Å². The van der Waals surface area contributed by atoms with Gasteiger partial charge in [-0.15, -0.1) is 0 Å². The molecule has 1 N–H and O–H groups in total. The number of rotatable bonds is 7. The first-order chi connectivity index (χ1) is 13.4. The molecule has 1 aromatic heterocycles. The first-order valence-corrected chi connectivity index (χ1v) is 11.6. The van der Waals surface area contributed by atoms with E-state index < -0.39 is 15.9 Å². The minimum Gasteiger partial charge on any atom is -0.444 e. The molecule has 0 spiro atoms. The van der Waals surface area contributed by atoms with Crippen LogP contribution in [0.1, 0.15) is 37.2 Å². The van der Waals surface area contributed by atoms with Gasteiger partial charge in [0.15, 0.2) is 10.4 Å². The summed E-state index contributed by atoms with van der Waals surface area (Å²) < 4.78 is 33.0. The fraction of sp³-hybridized carbons (Fsp3) is 0.421. The van der Waals surface area contributed by atoms with Crippen LogP contribution in [0.15, 0.2) is 44.3 Å². The molecule has 1 aliphatic heterocycles. The molecule has 0 radical (unpaired) electrons. The molecule has 9 heteroatoms. The van der Waals surface area contributed by atoms with Crippen molar-refractivity contribution in [2.75, 3.05) is 36.4 Å². The maximum atomic E-state index is 12.9. The summed E-state index contributed by atoms with van der Waals surface area (Å²) in [6, 6.07) is 8.12. The van der Waals surface area contributed by atoms with E-state index in [9.17, 15) is 13.2 Å². The quantitative estimate of drug-likeness (QED) is 0.663. The molecule has 0 bridgehead atoms. The van der Waals surface area contributed by atoms with Crippen molar-refractivity contribution in [3.8, 4) is 0 Å². The monoisotopic (exact) mass is 469 g/mol. The van der Waals surface area contributed by atoms with Gasteiger partial charge < -0.3 is 14.6 Å². The van der Waals surface area contributed by atoms with Crippen LogP contribution >= 0.6 is 15.9 Å². The summed E-state index contributed by atoms with van der Waals surface area (Å²) in [6.07, 6.45) is 2.13. The van der Waals surface area contributed by atoms with Crippen molar-refractivity contribution in [1.82, 2.24) is 4.31 Å². The largest absolute Gasteiger partial charge is 0.444 e. The van der Waals surface area contributed by atoms with Gasteiger partial charge in [0.25, 0.3) is 5.91 Å². The molecule has 1 fully saturated rings. The minimum atomic E-state index is -3.63. The average Bonchev–Trinajstić information content (AvgIpc) is 3.34. The van der Waals surface area contributed by atoms with Crippen LogP contribution in [0.2, 0.25) is 0 Å². The zero-order chi connectivity index (χ0) is 20.3. The fourth-order valence-corrected chi connectivity index (χ4v) is 5.13. The lowest BCUT2D eigenvalue weighted by molar-refractivity contribution is 0.0995. The van der Waals surface area contributed by atoms with Crippen molar-refractivity contribution < 1.29 is 17.6 Å². The summed E-state index contributed by atoms with van der Waals surface area (Å²) in [5.74, 6) is -0.278. The van der Waals surface area contributed by atoms with Crippen LogP contribution in [0.4, 0.5) is 11.4 Å². The standard InChI is InChI=1S/C19H24BrN3O4S/c1-3-23(4-2)28(25,26)14-7-8-16(22-11-5-6-12-22)15(13-14)21-19(24)17-9-10-18(20)27-17/h7-10,13H,3-6,11-12H2,1-2H3,(H,21,24). The Morgan fingerprint density at radius 2 is 1.86 bits per heavy atom. The molecule has 3 rings (SSSR count). The van der Waals surface area contributed by atoms with Crippen LogP contribution in [0.5, 0.6) is 0 Å². The molecule has 2 heterocycles. The molecule has 0 saturated carbocycles. The Morgan fingerprint density at radius 3 is 2.43 bits per heavy atom. The van der Waals surface area contributed by atoms with Gasteiger partial charge in [-0.3, -0.25) is 4.79 Å². The highest BCUT2D eigenvalue weighted by atomic mass is 79.9. The van der Waals surface area contributed by atoms with Crippen molar-refractivity contribution in [1.29, 1.82) is 0 Å². The van der Waals surface area contributed by atoms with Crippen molar-refractivity contribution in [3.05, 3.63) is 40.8 Å². The van der Waals surface area contributed by atoms with E-state index in [1.54, 1.807) is 38.1 Å². The van der Waals surface area contributed by atoms with E-state index in [0.717, 1.165) is 31.6 Å². The molecule has 1 aliphatic rings. The molecule has 7 nitrogen and oxygen atoms in total. The molecular weight excluding hydrogens is 446 g/mol. The highest BCUT2D eigenvalue weighted by molar-refractivity contribution is 9.10. The number of nitrogens with one attached hydrogen (secondary N) is 1. The second-order valence-corrected chi connectivity index (χ2v) is 9.24. The number of halogens is 1. The van der Waals surface area contributed by atoms with Gasteiger partial charge in [0.2, 0.25) is 10.0 Å². The van der Waals surface area contributed by atoms with Crippen LogP contribution in [0, 0.1) is 0 Å². The Kier molecular flexibility index (Phi) is 6.47. The van der Waals surface area contributed by atoms with E-state index in [2.05, 4.69) is 26.1 Å². The summed E-state index contributed by atoms with van der Waals surface area (Å²) in [5, 5.41) is 2.83. The number of nitrogens with zero attached hydrogens (tertiary/aromatic N) is 2. The zero-order valence-electron chi connectivity index (χ0n) is 15.9. The van der Waals surface area contributed by atoms with Crippen molar-refractivity contribution in [2.45, 2.75) is 31.6 Å². The lowest BCUT2D eigenvalue weighted by atomic mass is 10.2. The van der Waals surface area contributed by atoms with Gasteiger partial charge >= 0.3 is 0 Å². The van der Waals surface area contributed by atoms with Crippen LogP contribution in [-0.4, -0.2) is 44.8 Å². The van der Waals surface area contributed by atoms with Gasteiger partial charge in [0.05, 0.1) is 16.3 Å². The molecule has 1 amide bonds. The number of sulfonamides is 1. The summed E-state index contributed by atoms with van der Waals surface area (Å²) in [4.78, 5) is 14.9. The predicted molar refractivity (Wildman–Crippen MR) is 112 cm³/mol. The molecular formula is C19H24BrN3O4S. The Bertz CT molecular complexity index is 948. The molecule has 28 heavy (non-hydrogen) atoms. The number of hydrogen-bond acceptors (Lipinski definition) is 5. The summed E-state index contributed by atoms with van der Waals surface area (Å²) in [6.45, 7) is 6.12. The third-order valence-corrected chi connectivity index (χ3v) is 7.28. The molecule has 0 atom stereocenters. The Balaban J connectivity index is 1.99. The SMILES string of the molecule is CCN(CC)S(=O)(=O)c1ccc(N2CCCC2)c(NC(=O)c2ccc(Br)o2)c1. The highest BCUT2D eigenvalue weighted by Crippen LogP contribution is 2.33. The Labute approximate surface area is 173 Å². The first kappa shape index (κ1) is 20.9. The van der Waals surface area contributed by atoms with Gasteiger partial charge in [-0.2, -0.15) is 4.31 Å².